The molecule has 1 aromatic heterocycles. The summed E-state index contributed by atoms with van der Waals surface area (Å²) in [4.78, 5) is 0. The number of aryl methyl sites for hydroxylation is 2. The zero-order valence-corrected chi connectivity index (χ0v) is 12.7. The Hall–Kier alpha value is -1.69. The van der Waals surface area contributed by atoms with Crippen molar-refractivity contribution in [1.29, 1.82) is 0 Å². The second-order valence-electron chi connectivity index (χ2n) is 4.53. The van der Waals surface area contributed by atoms with Crippen LogP contribution >= 0.6 is 11.8 Å². The highest BCUT2D eigenvalue weighted by atomic mass is 32.2. The van der Waals surface area contributed by atoms with E-state index in [1.54, 1.807) is 16.4 Å². The molecule has 0 radical (unpaired) electrons. The van der Waals surface area contributed by atoms with Crippen molar-refractivity contribution in [2.45, 2.75) is 31.8 Å². The molecule has 2 aromatic rings. The molecule has 0 aliphatic carbocycles. The van der Waals surface area contributed by atoms with E-state index in [1.165, 1.54) is 5.56 Å². The molecule has 2 N–H and O–H groups in total. The Kier molecular flexibility index (Phi) is 5.29. The Morgan fingerprint density at radius 3 is 2.70 bits per heavy atom. The van der Waals surface area contributed by atoms with Gasteiger partial charge in [-0.2, -0.15) is 0 Å². The van der Waals surface area contributed by atoms with Gasteiger partial charge in [0.25, 0.3) is 0 Å². The van der Waals surface area contributed by atoms with E-state index < -0.39 is 0 Å². The minimum atomic E-state index is 0.615. The van der Waals surface area contributed by atoms with Crippen LogP contribution < -0.4 is 10.6 Å². The fraction of sp³-hybridized carbons (Fsp3) is 0.429. The van der Waals surface area contributed by atoms with Gasteiger partial charge in [-0.15, -0.1) is 10.2 Å². The molecule has 5 nitrogen and oxygen atoms in total. The molecular formula is C14H20N4OS. The number of thioether (sulfide) groups is 1. The molecule has 20 heavy (non-hydrogen) atoms. The highest BCUT2D eigenvalue weighted by molar-refractivity contribution is 7.99. The van der Waals surface area contributed by atoms with Gasteiger partial charge in [0.1, 0.15) is 5.75 Å². The summed E-state index contributed by atoms with van der Waals surface area (Å²) in [5.41, 5.74) is 1.23. The molecule has 0 saturated carbocycles. The van der Waals surface area contributed by atoms with E-state index in [-0.39, 0.29) is 0 Å². The molecule has 1 aromatic carbocycles. The zero-order valence-electron chi connectivity index (χ0n) is 11.9. The lowest BCUT2D eigenvalue weighted by Gasteiger charge is -2.06. The van der Waals surface area contributed by atoms with Crippen LogP contribution in [0.5, 0.6) is 5.75 Å². The van der Waals surface area contributed by atoms with Crippen LogP contribution in [-0.2, 0) is 6.42 Å². The summed E-state index contributed by atoms with van der Waals surface area (Å²) in [5, 5.41) is 8.90. The highest BCUT2D eigenvalue weighted by Gasteiger charge is 2.08. The summed E-state index contributed by atoms with van der Waals surface area (Å²) in [6.07, 6.45) is 1.86. The molecule has 2 rings (SSSR count). The first-order valence-corrected chi connectivity index (χ1v) is 7.71. The van der Waals surface area contributed by atoms with Crippen molar-refractivity contribution in [1.82, 2.24) is 14.9 Å². The monoisotopic (exact) mass is 292 g/mol. The molecule has 108 valence electrons. The number of benzene rings is 1. The molecule has 1 heterocycles. The number of rotatable bonds is 7. The van der Waals surface area contributed by atoms with Gasteiger partial charge >= 0.3 is 0 Å². The Morgan fingerprint density at radius 1 is 1.25 bits per heavy atom. The van der Waals surface area contributed by atoms with Crippen LogP contribution in [0, 0.1) is 6.92 Å². The molecule has 0 fully saturated rings. The number of hydrogen-bond acceptors (Lipinski definition) is 5. The Bertz CT molecular complexity index is 539. The van der Waals surface area contributed by atoms with Crippen LogP contribution in [0.15, 0.2) is 29.4 Å². The lowest BCUT2D eigenvalue weighted by atomic mass is 10.2. The predicted molar refractivity (Wildman–Crippen MR) is 81.6 cm³/mol. The Balaban J connectivity index is 1.77. The van der Waals surface area contributed by atoms with Gasteiger partial charge in [0, 0.05) is 12.2 Å². The third-order valence-corrected chi connectivity index (χ3v) is 3.72. The van der Waals surface area contributed by atoms with Crippen LogP contribution in [0.3, 0.4) is 0 Å². The molecule has 0 unspecified atom stereocenters. The standard InChI is InChI=1S/C14H20N4OS/c1-3-4-13-16-17-14(18(13)15)20-10-9-19-12-7-5-11(2)6-8-12/h5-8H,3-4,9-10,15H2,1-2H3. The fourth-order valence-electron chi connectivity index (χ4n) is 1.73. The largest absolute Gasteiger partial charge is 0.493 e. The maximum Gasteiger partial charge on any atom is 0.209 e. The minimum absolute atomic E-state index is 0.615. The maximum absolute atomic E-state index is 5.93. The van der Waals surface area contributed by atoms with Crippen LogP contribution in [0.25, 0.3) is 0 Å². The fourth-order valence-corrected chi connectivity index (χ4v) is 2.42. The van der Waals surface area contributed by atoms with Crippen LogP contribution in [0.2, 0.25) is 0 Å². The van der Waals surface area contributed by atoms with Crippen molar-refractivity contribution in [3.05, 3.63) is 35.7 Å². The number of nitrogens with zero attached hydrogens (tertiary/aromatic N) is 3. The minimum Gasteiger partial charge on any atom is -0.493 e. The first-order chi connectivity index (χ1) is 9.70. The van der Waals surface area contributed by atoms with Crippen molar-refractivity contribution in [2.24, 2.45) is 0 Å². The van der Waals surface area contributed by atoms with Gasteiger partial charge in [-0.3, -0.25) is 0 Å². The summed E-state index contributed by atoms with van der Waals surface area (Å²) in [5.74, 6) is 8.43. The number of nitrogens with two attached hydrogens (primary N) is 1. The zero-order chi connectivity index (χ0) is 14.4. The van der Waals surface area contributed by atoms with Gasteiger partial charge in [0.2, 0.25) is 5.16 Å². The first kappa shape index (κ1) is 14.7. The highest BCUT2D eigenvalue weighted by Crippen LogP contribution is 2.16. The van der Waals surface area contributed by atoms with Crippen molar-refractivity contribution in [3.8, 4) is 5.75 Å². The molecule has 6 heteroatoms. The van der Waals surface area contributed by atoms with Gasteiger partial charge in [-0.1, -0.05) is 36.4 Å². The average Bonchev–Trinajstić information content (AvgIpc) is 2.79. The number of ether oxygens (including phenoxy) is 1. The SMILES string of the molecule is CCCc1nnc(SCCOc2ccc(C)cc2)n1N. The van der Waals surface area contributed by atoms with Crippen molar-refractivity contribution in [2.75, 3.05) is 18.2 Å². The van der Waals surface area contributed by atoms with Crippen molar-refractivity contribution >= 4 is 11.8 Å². The lowest BCUT2D eigenvalue weighted by molar-refractivity contribution is 0.344. The Labute approximate surface area is 123 Å². The molecule has 0 spiro atoms. The molecule has 0 aliphatic rings. The van der Waals surface area contributed by atoms with E-state index >= 15 is 0 Å². The quantitative estimate of drug-likeness (QED) is 0.482. The van der Waals surface area contributed by atoms with Gasteiger partial charge in [0.05, 0.1) is 6.61 Å². The normalized spacial score (nSPS) is 10.7. The topological polar surface area (TPSA) is 66.0 Å². The van der Waals surface area contributed by atoms with Crippen molar-refractivity contribution in [3.63, 3.8) is 0 Å². The second kappa shape index (κ2) is 7.19. The Morgan fingerprint density at radius 2 is 2.00 bits per heavy atom. The smallest absolute Gasteiger partial charge is 0.209 e. The average molecular weight is 292 g/mol. The maximum atomic E-state index is 5.93. The van der Waals surface area contributed by atoms with Crippen LogP contribution in [-0.4, -0.2) is 27.2 Å². The second-order valence-corrected chi connectivity index (χ2v) is 5.59. The summed E-state index contributed by atoms with van der Waals surface area (Å²) in [7, 11) is 0. The molecule has 0 atom stereocenters. The lowest BCUT2D eigenvalue weighted by Crippen LogP contribution is -2.14. The number of nitrogen functional groups attached to an aromatic ring is 1. The van der Waals surface area contributed by atoms with Gasteiger partial charge in [-0.05, 0) is 25.5 Å². The van der Waals surface area contributed by atoms with Crippen LogP contribution in [0.1, 0.15) is 24.7 Å². The predicted octanol–water partition coefficient (Wildman–Crippen LogP) is 2.42. The molecule has 0 amide bonds. The van der Waals surface area contributed by atoms with Gasteiger partial charge in [0.15, 0.2) is 5.82 Å². The van der Waals surface area contributed by atoms with Crippen molar-refractivity contribution < 1.29 is 4.74 Å². The molecule has 0 aliphatic heterocycles. The van der Waals surface area contributed by atoms with Gasteiger partial charge in [-0.25, -0.2) is 4.68 Å². The number of hydrogen-bond donors (Lipinski definition) is 1. The van der Waals surface area contributed by atoms with E-state index in [4.69, 9.17) is 10.6 Å². The van der Waals surface area contributed by atoms with E-state index in [9.17, 15) is 0 Å². The summed E-state index contributed by atoms with van der Waals surface area (Å²) < 4.78 is 7.23. The molecule has 0 bridgehead atoms. The van der Waals surface area contributed by atoms with Crippen LogP contribution in [0.4, 0.5) is 0 Å². The third-order valence-electron chi connectivity index (χ3n) is 2.81. The first-order valence-electron chi connectivity index (χ1n) is 6.72. The summed E-state index contributed by atoms with van der Waals surface area (Å²) in [6, 6.07) is 8.03. The van der Waals surface area contributed by atoms with E-state index in [0.29, 0.717) is 6.61 Å². The number of aromatic nitrogens is 3. The van der Waals surface area contributed by atoms with E-state index in [1.807, 2.05) is 24.3 Å². The van der Waals surface area contributed by atoms with Gasteiger partial charge < -0.3 is 10.6 Å². The third kappa shape index (κ3) is 3.90. The molecule has 0 saturated heterocycles. The summed E-state index contributed by atoms with van der Waals surface area (Å²) in [6.45, 7) is 4.77. The van der Waals surface area contributed by atoms with E-state index in [0.717, 1.165) is 35.3 Å². The van der Waals surface area contributed by atoms with E-state index in [2.05, 4.69) is 24.0 Å². The summed E-state index contributed by atoms with van der Waals surface area (Å²) >= 11 is 1.56. The molecular weight excluding hydrogens is 272 g/mol.